The maximum atomic E-state index is 13.0. The van der Waals surface area contributed by atoms with Gasteiger partial charge in [0.2, 0.25) is 15.9 Å². The van der Waals surface area contributed by atoms with Gasteiger partial charge in [0.15, 0.2) is 0 Å². The average molecular weight is 554 g/mol. The number of rotatable bonds is 9. The monoisotopic (exact) mass is 553 g/mol. The molecule has 1 aromatic rings. The molecule has 2 fully saturated rings. The molecule has 0 aliphatic carbocycles. The number of nitrogens with one attached hydrogen (secondary N) is 1. The van der Waals surface area contributed by atoms with Gasteiger partial charge in [-0.05, 0) is 30.7 Å². The Morgan fingerprint density at radius 3 is 2.41 bits per heavy atom. The number of sulfonamides is 1. The number of hydrogen-bond acceptors (Lipinski definition) is 8. The molecule has 0 radical (unpaired) electrons. The predicted octanol–water partition coefficient (Wildman–Crippen LogP) is 0.601. The number of nitrogens with zero attached hydrogens (tertiary/aromatic N) is 2. The quantitative estimate of drug-likeness (QED) is 0.371. The molecular formula is C19H28N3O8PS3. The molecule has 1 aromatic carbocycles. The number of carbonyl (C=O) groups is 2. The molecule has 2 heterocycles. The summed E-state index contributed by atoms with van der Waals surface area (Å²) >= 11 is 3.26. The third-order valence-corrected chi connectivity index (χ3v) is 9.63. The van der Waals surface area contributed by atoms with Crippen LogP contribution in [-0.4, -0.2) is 100 Å². The standard InChI is InChI=1S/C19H28N3O8PS3/c23-18(15-2-4-16(5-3-15)30-31(25,26)27)20-17-14-33-10-7-21(19(17)24)6-1-13-34(28,29)22-8-11-32-12-9-22/h2-5,17H,1,6-14H2,(H,20,23)(H2,25,26,27). The first-order chi connectivity index (χ1) is 16.0. The normalized spacial score (nSPS) is 20.6. The Morgan fingerprint density at radius 1 is 1.12 bits per heavy atom. The largest absolute Gasteiger partial charge is 0.524 e. The highest BCUT2D eigenvalue weighted by Gasteiger charge is 2.30. The van der Waals surface area contributed by atoms with Crippen LogP contribution < -0.4 is 9.84 Å². The first-order valence-electron chi connectivity index (χ1n) is 10.6. The first-order valence-corrected chi connectivity index (χ1v) is 16.1. The van der Waals surface area contributed by atoms with E-state index in [4.69, 9.17) is 9.79 Å². The lowest BCUT2D eigenvalue weighted by atomic mass is 10.2. The van der Waals surface area contributed by atoms with Gasteiger partial charge >= 0.3 is 7.82 Å². The Hall–Kier alpha value is -1.28. The third-order valence-electron chi connectivity index (χ3n) is 5.24. The summed E-state index contributed by atoms with van der Waals surface area (Å²) in [6.45, 7) is 1.81. The Bertz CT molecular complexity index is 1010. The molecule has 190 valence electrons. The van der Waals surface area contributed by atoms with Gasteiger partial charge < -0.3 is 14.7 Å². The summed E-state index contributed by atoms with van der Waals surface area (Å²) in [6, 6.07) is 4.44. The van der Waals surface area contributed by atoms with Crippen molar-refractivity contribution >= 4 is 53.2 Å². The maximum absolute atomic E-state index is 13.0. The fraction of sp³-hybridized carbons (Fsp3) is 0.579. The number of amides is 2. The van der Waals surface area contributed by atoms with Crippen LogP contribution in [0.25, 0.3) is 0 Å². The van der Waals surface area contributed by atoms with Crippen molar-refractivity contribution in [3.8, 4) is 5.75 Å². The van der Waals surface area contributed by atoms with Gasteiger partial charge in [0.25, 0.3) is 5.91 Å². The molecule has 0 saturated carbocycles. The molecule has 2 aliphatic rings. The van der Waals surface area contributed by atoms with Crippen molar-refractivity contribution in [3.05, 3.63) is 29.8 Å². The molecule has 1 atom stereocenters. The molecule has 0 bridgehead atoms. The lowest BCUT2D eigenvalue weighted by Crippen LogP contribution is -2.49. The lowest BCUT2D eigenvalue weighted by molar-refractivity contribution is -0.132. The average Bonchev–Trinajstić information content (AvgIpc) is 2.95. The molecule has 1 unspecified atom stereocenters. The van der Waals surface area contributed by atoms with Crippen molar-refractivity contribution in [2.24, 2.45) is 0 Å². The summed E-state index contributed by atoms with van der Waals surface area (Å²) in [7, 11) is -8.04. The van der Waals surface area contributed by atoms with Gasteiger partial charge in [-0.15, -0.1) is 0 Å². The van der Waals surface area contributed by atoms with Crippen LogP contribution in [0.1, 0.15) is 16.8 Å². The minimum absolute atomic E-state index is 0.0192. The lowest BCUT2D eigenvalue weighted by Gasteiger charge is -2.27. The van der Waals surface area contributed by atoms with Crippen molar-refractivity contribution in [3.63, 3.8) is 0 Å². The summed E-state index contributed by atoms with van der Waals surface area (Å²) in [5, 5.41) is 2.71. The van der Waals surface area contributed by atoms with Gasteiger partial charge in [0.05, 0.1) is 5.75 Å². The van der Waals surface area contributed by atoms with Crippen molar-refractivity contribution in [2.75, 3.05) is 54.9 Å². The Morgan fingerprint density at radius 2 is 1.76 bits per heavy atom. The van der Waals surface area contributed by atoms with E-state index in [2.05, 4.69) is 9.84 Å². The molecule has 0 spiro atoms. The van der Waals surface area contributed by atoms with E-state index in [0.717, 1.165) is 11.5 Å². The molecule has 3 N–H and O–H groups in total. The summed E-state index contributed by atoms with van der Waals surface area (Å²) in [6.07, 6.45) is 0.323. The second-order valence-electron chi connectivity index (χ2n) is 7.71. The minimum atomic E-state index is -4.70. The van der Waals surface area contributed by atoms with E-state index in [0.29, 0.717) is 44.1 Å². The smallest absolute Gasteiger partial charge is 0.404 e. The zero-order valence-electron chi connectivity index (χ0n) is 18.4. The fourth-order valence-electron chi connectivity index (χ4n) is 3.54. The molecule has 0 aromatic heterocycles. The van der Waals surface area contributed by atoms with Gasteiger partial charge in [-0.1, -0.05) is 0 Å². The molecule has 3 rings (SSSR count). The molecule has 15 heteroatoms. The number of phosphoric ester groups is 1. The molecule has 2 amide bonds. The van der Waals surface area contributed by atoms with E-state index < -0.39 is 29.8 Å². The predicted molar refractivity (Wildman–Crippen MR) is 132 cm³/mol. The van der Waals surface area contributed by atoms with Gasteiger partial charge in [0.1, 0.15) is 11.8 Å². The first kappa shape index (κ1) is 27.3. The van der Waals surface area contributed by atoms with Crippen molar-refractivity contribution in [1.29, 1.82) is 0 Å². The molecule has 2 saturated heterocycles. The fourth-order valence-corrected chi connectivity index (χ4v) is 7.54. The third kappa shape index (κ3) is 8.14. The van der Waals surface area contributed by atoms with Crippen LogP contribution in [-0.2, 0) is 19.4 Å². The Kier molecular flexibility index (Phi) is 9.73. The second-order valence-corrected chi connectivity index (χ2v) is 13.3. The van der Waals surface area contributed by atoms with Gasteiger partial charge in [-0.25, -0.2) is 17.3 Å². The van der Waals surface area contributed by atoms with Gasteiger partial charge in [0, 0.05) is 54.8 Å². The van der Waals surface area contributed by atoms with E-state index in [1.165, 1.54) is 40.3 Å². The minimum Gasteiger partial charge on any atom is -0.404 e. The van der Waals surface area contributed by atoms with Crippen molar-refractivity contribution in [2.45, 2.75) is 12.5 Å². The Balaban J connectivity index is 1.54. The van der Waals surface area contributed by atoms with Crippen LogP contribution >= 0.6 is 31.3 Å². The Labute approximate surface area is 207 Å². The summed E-state index contributed by atoms with van der Waals surface area (Å²) in [5.74, 6) is 1.79. The van der Waals surface area contributed by atoms with E-state index in [-0.39, 0.29) is 23.0 Å². The van der Waals surface area contributed by atoms with Crippen LogP contribution in [0.5, 0.6) is 5.75 Å². The van der Waals surface area contributed by atoms with Crippen LogP contribution in [0, 0.1) is 0 Å². The SMILES string of the molecule is O=C(NC1CSCCN(CCCS(=O)(=O)N2CCSCC2)C1=O)c1ccc(OP(=O)(O)O)cc1. The van der Waals surface area contributed by atoms with Gasteiger partial charge in [-0.2, -0.15) is 23.5 Å². The number of carbonyl (C=O) groups excluding carboxylic acids is 2. The number of phosphoric acid groups is 1. The molecule has 34 heavy (non-hydrogen) atoms. The van der Waals surface area contributed by atoms with Crippen LogP contribution in [0.3, 0.4) is 0 Å². The highest BCUT2D eigenvalue weighted by molar-refractivity contribution is 7.99. The van der Waals surface area contributed by atoms with Gasteiger partial charge in [-0.3, -0.25) is 19.4 Å². The molecule has 2 aliphatic heterocycles. The van der Waals surface area contributed by atoms with E-state index >= 15 is 0 Å². The number of thioether (sulfide) groups is 2. The second kappa shape index (κ2) is 12.1. The van der Waals surface area contributed by atoms with Crippen LogP contribution in [0.4, 0.5) is 0 Å². The maximum Gasteiger partial charge on any atom is 0.524 e. The number of benzene rings is 1. The zero-order chi connectivity index (χ0) is 24.8. The van der Waals surface area contributed by atoms with Crippen molar-refractivity contribution in [1.82, 2.24) is 14.5 Å². The summed E-state index contributed by atoms with van der Waals surface area (Å²) < 4.78 is 42.0. The summed E-state index contributed by atoms with van der Waals surface area (Å²) in [5.41, 5.74) is 0.206. The van der Waals surface area contributed by atoms with E-state index in [1.54, 1.807) is 16.7 Å². The highest BCUT2D eigenvalue weighted by Crippen LogP contribution is 2.37. The highest BCUT2D eigenvalue weighted by atomic mass is 32.2. The van der Waals surface area contributed by atoms with Crippen LogP contribution in [0.2, 0.25) is 0 Å². The topological polar surface area (TPSA) is 154 Å². The van der Waals surface area contributed by atoms with E-state index in [1.807, 2.05) is 0 Å². The number of hydrogen-bond donors (Lipinski definition) is 3. The molecular weight excluding hydrogens is 525 g/mol. The van der Waals surface area contributed by atoms with Crippen molar-refractivity contribution < 1.29 is 36.9 Å². The van der Waals surface area contributed by atoms with Crippen LogP contribution in [0.15, 0.2) is 24.3 Å². The van der Waals surface area contributed by atoms with E-state index in [9.17, 15) is 22.6 Å². The zero-order valence-corrected chi connectivity index (χ0v) is 21.7. The molecule has 11 nitrogen and oxygen atoms in total. The summed E-state index contributed by atoms with van der Waals surface area (Å²) in [4.78, 5) is 44.9.